The van der Waals surface area contributed by atoms with Crippen molar-refractivity contribution in [1.29, 1.82) is 0 Å². The molecule has 0 aromatic heterocycles. The Morgan fingerprint density at radius 3 is 2.52 bits per heavy atom. The van der Waals surface area contributed by atoms with Crippen LogP contribution in [0.15, 0.2) is 42.5 Å². The summed E-state index contributed by atoms with van der Waals surface area (Å²) >= 11 is 0. The van der Waals surface area contributed by atoms with E-state index in [2.05, 4.69) is 36.5 Å². The average Bonchev–Trinajstić information content (AvgIpc) is 2.73. The van der Waals surface area contributed by atoms with Gasteiger partial charge in [-0.2, -0.15) is 0 Å². The molecule has 0 fully saturated rings. The minimum atomic E-state index is -0.556. The van der Waals surface area contributed by atoms with Crippen molar-refractivity contribution in [3.8, 4) is 5.75 Å². The van der Waals surface area contributed by atoms with Crippen LogP contribution in [-0.4, -0.2) is 13.0 Å². The van der Waals surface area contributed by atoms with Crippen molar-refractivity contribution in [2.45, 2.75) is 25.7 Å². The first-order valence-corrected chi connectivity index (χ1v) is 7.08. The molecule has 1 unspecified atom stereocenters. The van der Waals surface area contributed by atoms with Gasteiger partial charge in [0.15, 0.2) is 0 Å². The molecule has 0 aliphatic carbocycles. The molecule has 0 radical (unpaired) electrons. The van der Waals surface area contributed by atoms with Crippen LogP contribution in [0.4, 0.5) is 5.69 Å². The van der Waals surface area contributed by atoms with E-state index in [0.717, 1.165) is 22.6 Å². The third-order valence-corrected chi connectivity index (χ3v) is 4.25. The van der Waals surface area contributed by atoms with Gasteiger partial charge in [-0.25, -0.2) is 0 Å². The van der Waals surface area contributed by atoms with Gasteiger partial charge < -0.3 is 10.1 Å². The molecule has 0 saturated carbocycles. The number of rotatable bonds is 3. The molecule has 1 aliphatic heterocycles. The standard InChI is InChI=1S/C18H19NO2/c1-12-4-6-13(7-5-12)11-18(2)15-10-14(21-3)8-9-16(15)19-17(18)20/h4-10H,11H2,1-3H3,(H,19,20). The second-order valence-corrected chi connectivity index (χ2v) is 5.86. The third-order valence-electron chi connectivity index (χ3n) is 4.25. The van der Waals surface area contributed by atoms with Gasteiger partial charge in [-0.1, -0.05) is 29.8 Å². The van der Waals surface area contributed by atoms with E-state index in [1.54, 1.807) is 7.11 Å². The highest BCUT2D eigenvalue weighted by atomic mass is 16.5. The fourth-order valence-corrected chi connectivity index (χ4v) is 2.89. The molecular formula is C18H19NO2. The molecule has 3 nitrogen and oxygen atoms in total. The molecule has 0 saturated heterocycles. The fourth-order valence-electron chi connectivity index (χ4n) is 2.89. The number of aryl methyl sites for hydroxylation is 1. The first kappa shape index (κ1) is 13.7. The number of methoxy groups -OCH3 is 1. The summed E-state index contributed by atoms with van der Waals surface area (Å²) in [6, 6.07) is 14.1. The van der Waals surface area contributed by atoms with Gasteiger partial charge in [-0.05, 0) is 49.6 Å². The first-order valence-electron chi connectivity index (χ1n) is 7.08. The summed E-state index contributed by atoms with van der Waals surface area (Å²) in [5, 5.41) is 2.98. The van der Waals surface area contributed by atoms with Crippen molar-refractivity contribution >= 4 is 11.6 Å². The lowest BCUT2D eigenvalue weighted by molar-refractivity contribution is -0.120. The summed E-state index contributed by atoms with van der Waals surface area (Å²) in [5.41, 5.74) is 3.72. The summed E-state index contributed by atoms with van der Waals surface area (Å²) in [6.07, 6.45) is 0.680. The van der Waals surface area contributed by atoms with Crippen molar-refractivity contribution in [3.63, 3.8) is 0 Å². The Morgan fingerprint density at radius 1 is 1.14 bits per heavy atom. The second kappa shape index (κ2) is 4.92. The summed E-state index contributed by atoms with van der Waals surface area (Å²) < 4.78 is 5.29. The smallest absolute Gasteiger partial charge is 0.235 e. The SMILES string of the molecule is COc1ccc2c(c1)C(C)(Cc1ccc(C)cc1)C(=O)N2. The van der Waals surface area contributed by atoms with Gasteiger partial charge >= 0.3 is 0 Å². The molecule has 1 aliphatic rings. The van der Waals surface area contributed by atoms with Crippen molar-refractivity contribution in [2.24, 2.45) is 0 Å². The minimum absolute atomic E-state index is 0.0475. The lowest BCUT2D eigenvalue weighted by atomic mass is 9.78. The molecular weight excluding hydrogens is 262 g/mol. The van der Waals surface area contributed by atoms with Crippen LogP contribution in [0, 0.1) is 6.92 Å². The number of carbonyl (C=O) groups excluding carboxylic acids is 1. The van der Waals surface area contributed by atoms with Crippen LogP contribution in [0.3, 0.4) is 0 Å². The second-order valence-electron chi connectivity index (χ2n) is 5.86. The fraction of sp³-hybridized carbons (Fsp3) is 0.278. The van der Waals surface area contributed by atoms with Gasteiger partial charge in [0.2, 0.25) is 5.91 Å². The van der Waals surface area contributed by atoms with Crippen molar-refractivity contribution in [2.75, 3.05) is 12.4 Å². The van der Waals surface area contributed by atoms with E-state index in [4.69, 9.17) is 4.74 Å². The molecule has 0 bridgehead atoms. The highest BCUT2D eigenvalue weighted by molar-refractivity contribution is 6.06. The Hall–Kier alpha value is -2.29. The van der Waals surface area contributed by atoms with Crippen LogP contribution >= 0.6 is 0 Å². The van der Waals surface area contributed by atoms with Gasteiger partial charge in [-0.15, -0.1) is 0 Å². The highest BCUT2D eigenvalue weighted by Gasteiger charge is 2.42. The van der Waals surface area contributed by atoms with Crippen LogP contribution in [0.5, 0.6) is 5.75 Å². The van der Waals surface area contributed by atoms with E-state index in [1.807, 2.05) is 25.1 Å². The van der Waals surface area contributed by atoms with Crippen LogP contribution < -0.4 is 10.1 Å². The predicted octanol–water partition coefficient (Wildman–Crippen LogP) is 3.46. The Bertz CT molecular complexity index is 691. The minimum Gasteiger partial charge on any atom is -0.497 e. The van der Waals surface area contributed by atoms with Crippen molar-refractivity contribution in [3.05, 3.63) is 59.2 Å². The van der Waals surface area contributed by atoms with Crippen molar-refractivity contribution < 1.29 is 9.53 Å². The van der Waals surface area contributed by atoms with Crippen molar-refractivity contribution in [1.82, 2.24) is 0 Å². The molecule has 2 aromatic rings. The normalized spacial score (nSPS) is 20.0. The Labute approximate surface area is 124 Å². The lowest BCUT2D eigenvalue weighted by Crippen LogP contribution is -2.33. The maximum atomic E-state index is 12.5. The van der Waals surface area contributed by atoms with Gasteiger partial charge in [-0.3, -0.25) is 4.79 Å². The Balaban J connectivity index is 2.01. The molecule has 108 valence electrons. The number of nitrogens with one attached hydrogen (secondary N) is 1. The van der Waals surface area contributed by atoms with Crippen LogP contribution in [0.25, 0.3) is 0 Å². The molecule has 21 heavy (non-hydrogen) atoms. The quantitative estimate of drug-likeness (QED) is 0.935. The van der Waals surface area contributed by atoms with Gasteiger partial charge in [0.1, 0.15) is 5.75 Å². The zero-order valence-electron chi connectivity index (χ0n) is 12.6. The van der Waals surface area contributed by atoms with E-state index in [1.165, 1.54) is 5.56 Å². The highest BCUT2D eigenvalue weighted by Crippen LogP contribution is 2.41. The summed E-state index contributed by atoms with van der Waals surface area (Å²) in [4.78, 5) is 12.5. The van der Waals surface area contributed by atoms with Gasteiger partial charge in [0.05, 0.1) is 12.5 Å². The molecule has 1 atom stereocenters. The van der Waals surface area contributed by atoms with E-state index >= 15 is 0 Å². The maximum Gasteiger partial charge on any atom is 0.235 e. The maximum absolute atomic E-state index is 12.5. The number of anilines is 1. The van der Waals surface area contributed by atoms with Crippen LogP contribution in [-0.2, 0) is 16.6 Å². The number of hydrogen-bond acceptors (Lipinski definition) is 2. The number of hydrogen-bond donors (Lipinski definition) is 1. The largest absolute Gasteiger partial charge is 0.497 e. The summed E-state index contributed by atoms with van der Waals surface area (Å²) in [6.45, 7) is 4.06. The zero-order chi connectivity index (χ0) is 15.0. The third kappa shape index (κ3) is 2.29. The topological polar surface area (TPSA) is 38.3 Å². The summed E-state index contributed by atoms with van der Waals surface area (Å²) in [7, 11) is 1.64. The number of benzene rings is 2. The molecule has 1 amide bonds. The molecule has 3 rings (SSSR count). The molecule has 1 N–H and O–H groups in total. The monoisotopic (exact) mass is 281 g/mol. The number of ether oxygens (including phenoxy) is 1. The van der Waals surface area contributed by atoms with Gasteiger partial charge in [0, 0.05) is 5.69 Å². The van der Waals surface area contributed by atoms with Crippen LogP contribution in [0.2, 0.25) is 0 Å². The molecule has 2 aromatic carbocycles. The molecule has 0 spiro atoms. The summed E-state index contributed by atoms with van der Waals surface area (Å²) in [5.74, 6) is 0.826. The van der Waals surface area contributed by atoms with E-state index < -0.39 is 5.41 Å². The number of amides is 1. The van der Waals surface area contributed by atoms with Crippen LogP contribution in [0.1, 0.15) is 23.6 Å². The van der Waals surface area contributed by atoms with E-state index in [-0.39, 0.29) is 5.91 Å². The zero-order valence-corrected chi connectivity index (χ0v) is 12.6. The number of carbonyl (C=O) groups is 1. The average molecular weight is 281 g/mol. The lowest BCUT2D eigenvalue weighted by Gasteiger charge is -2.22. The molecule has 3 heteroatoms. The van der Waals surface area contributed by atoms with E-state index in [0.29, 0.717) is 6.42 Å². The van der Waals surface area contributed by atoms with E-state index in [9.17, 15) is 4.79 Å². The Kier molecular flexibility index (Phi) is 3.20. The number of fused-ring (bicyclic) bond motifs is 1. The predicted molar refractivity (Wildman–Crippen MR) is 83.9 cm³/mol. The van der Waals surface area contributed by atoms with Gasteiger partial charge in [0.25, 0.3) is 0 Å². The molecule has 1 heterocycles. The first-order chi connectivity index (χ1) is 10.0. The Morgan fingerprint density at radius 2 is 1.86 bits per heavy atom.